The second kappa shape index (κ2) is 8.55. The van der Waals surface area contributed by atoms with Gasteiger partial charge in [0.15, 0.2) is 0 Å². The molecule has 0 saturated carbocycles. The molecule has 116 valence electrons. The topological polar surface area (TPSA) is 78.6 Å². The van der Waals surface area contributed by atoms with Crippen LogP contribution in [0.1, 0.15) is 40.5 Å². The smallest absolute Gasteiger partial charge is 0.412 e. The molecule has 0 spiro atoms. The minimum Gasteiger partial charge on any atom is -0.481 e. The molecule has 2 N–H and O–H groups in total. The standard InChI is InChI=1S/C14H26N2O4/c1-6-16(5)10-20-13(19)15-9-14(4,7-11(2)3)8-12(17)18/h6,11H,7-10H2,1-5H3,(H-,15,17,18,19)/p+1. The van der Waals surface area contributed by atoms with Gasteiger partial charge in [-0.3, -0.25) is 4.79 Å². The Morgan fingerprint density at radius 2 is 2.05 bits per heavy atom. The summed E-state index contributed by atoms with van der Waals surface area (Å²) in [5.41, 5.74) is -0.470. The van der Waals surface area contributed by atoms with Crippen molar-refractivity contribution in [2.75, 3.05) is 20.3 Å². The largest absolute Gasteiger partial charge is 0.481 e. The fourth-order valence-corrected chi connectivity index (χ4v) is 2.13. The average molecular weight is 287 g/mol. The van der Waals surface area contributed by atoms with Crippen molar-refractivity contribution in [2.24, 2.45) is 11.3 Å². The Kier molecular flexibility index (Phi) is 7.87. The first-order valence-corrected chi connectivity index (χ1v) is 6.80. The number of nitrogens with one attached hydrogen (secondary N) is 1. The lowest BCUT2D eigenvalue weighted by atomic mass is 9.79. The minimum atomic E-state index is -0.858. The van der Waals surface area contributed by atoms with E-state index in [1.165, 1.54) is 0 Å². The molecule has 0 rings (SSSR count). The summed E-state index contributed by atoms with van der Waals surface area (Å²) in [5.74, 6) is -0.498. The van der Waals surface area contributed by atoms with Crippen LogP contribution in [0.5, 0.6) is 0 Å². The van der Waals surface area contributed by atoms with E-state index >= 15 is 0 Å². The number of alkyl carbamates (subject to hydrolysis) is 1. The summed E-state index contributed by atoms with van der Waals surface area (Å²) in [6.07, 6.45) is 2.01. The second-order valence-electron chi connectivity index (χ2n) is 5.91. The maximum Gasteiger partial charge on any atom is 0.412 e. The van der Waals surface area contributed by atoms with Gasteiger partial charge in [-0.1, -0.05) is 20.8 Å². The lowest BCUT2D eigenvalue weighted by Gasteiger charge is -2.29. The van der Waals surface area contributed by atoms with Crippen LogP contribution in [0.15, 0.2) is 0 Å². The van der Waals surface area contributed by atoms with Crippen LogP contribution >= 0.6 is 0 Å². The third-order valence-corrected chi connectivity index (χ3v) is 2.98. The molecule has 20 heavy (non-hydrogen) atoms. The van der Waals surface area contributed by atoms with Crippen LogP contribution in [0.25, 0.3) is 0 Å². The zero-order chi connectivity index (χ0) is 15.8. The summed E-state index contributed by atoms with van der Waals surface area (Å²) in [7, 11) is 1.79. The molecular weight excluding hydrogens is 260 g/mol. The van der Waals surface area contributed by atoms with E-state index in [1.807, 2.05) is 27.7 Å². The van der Waals surface area contributed by atoms with Crippen molar-refractivity contribution in [2.45, 2.75) is 40.5 Å². The van der Waals surface area contributed by atoms with Crippen LogP contribution in [0.4, 0.5) is 4.79 Å². The van der Waals surface area contributed by atoms with Crippen LogP contribution < -0.4 is 5.32 Å². The monoisotopic (exact) mass is 287 g/mol. The molecule has 0 bridgehead atoms. The van der Waals surface area contributed by atoms with Crippen LogP contribution in [0.2, 0.25) is 0 Å². The highest BCUT2D eigenvalue weighted by atomic mass is 16.6. The summed E-state index contributed by atoms with van der Waals surface area (Å²) in [6, 6.07) is 0. The van der Waals surface area contributed by atoms with Crippen molar-refractivity contribution < 1.29 is 24.0 Å². The van der Waals surface area contributed by atoms with Crippen molar-refractivity contribution in [1.82, 2.24) is 5.32 Å². The summed E-state index contributed by atoms with van der Waals surface area (Å²) >= 11 is 0. The van der Waals surface area contributed by atoms with Gasteiger partial charge >= 0.3 is 12.1 Å². The van der Waals surface area contributed by atoms with Gasteiger partial charge in [-0.05, 0) is 17.8 Å². The minimum absolute atomic E-state index is 0.0219. The van der Waals surface area contributed by atoms with E-state index in [0.29, 0.717) is 5.92 Å². The highest BCUT2D eigenvalue weighted by molar-refractivity contribution is 5.69. The fourth-order valence-electron chi connectivity index (χ4n) is 2.13. The number of ether oxygens (including phenoxy) is 1. The number of aliphatic carboxylic acids is 1. The number of amides is 1. The van der Waals surface area contributed by atoms with E-state index in [9.17, 15) is 9.59 Å². The molecular formula is C14H27N2O4+. The summed E-state index contributed by atoms with van der Waals surface area (Å²) in [6.45, 7) is 8.23. The fraction of sp³-hybridized carbons (Fsp3) is 0.786. The number of hydrogen-bond donors (Lipinski definition) is 2. The summed E-state index contributed by atoms with van der Waals surface area (Å²) in [4.78, 5) is 22.5. The average Bonchev–Trinajstić information content (AvgIpc) is 2.31. The lowest BCUT2D eigenvalue weighted by Crippen LogP contribution is -2.39. The highest BCUT2D eigenvalue weighted by Gasteiger charge is 2.29. The van der Waals surface area contributed by atoms with E-state index in [0.717, 1.165) is 6.42 Å². The molecule has 0 saturated heterocycles. The van der Waals surface area contributed by atoms with Crippen molar-refractivity contribution in [1.29, 1.82) is 0 Å². The van der Waals surface area contributed by atoms with Crippen LogP contribution in [-0.4, -0.2) is 48.3 Å². The third-order valence-electron chi connectivity index (χ3n) is 2.98. The Morgan fingerprint density at radius 3 is 2.50 bits per heavy atom. The molecule has 6 nitrogen and oxygen atoms in total. The van der Waals surface area contributed by atoms with Gasteiger partial charge in [0.05, 0.1) is 6.42 Å². The van der Waals surface area contributed by atoms with Crippen molar-refractivity contribution in [3.05, 3.63) is 0 Å². The molecule has 1 unspecified atom stereocenters. The SMILES string of the molecule is CC=[N+](C)COC(=O)NCC(C)(CC(=O)O)CC(C)C. The first-order chi connectivity index (χ1) is 9.18. The molecule has 0 fully saturated rings. The number of carboxylic acids is 1. The molecule has 0 aliphatic heterocycles. The van der Waals surface area contributed by atoms with E-state index in [4.69, 9.17) is 9.84 Å². The molecule has 0 aromatic rings. The van der Waals surface area contributed by atoms with Crippen molar-refractivity contribution in [3.8, 4) is 0 Å². The zero-order valence-electron chi connectivity index (χ0n) is 13.1. The Morgan fingerprint density at radius 1 is 1.45 bits per heavy atom. The highest BCUT2D eigenvalue weighted by Crippen LogP contribution is 2.29. The van der Waals surface area contributed by atoms with Gasteiger partial charge in [-0.2, -0.15) is 0 Å². The first kappa shape index (κ1) is 18.4. The Bertz CT molecular complexity index is 366. The predicted molar refractivity (Wildman–Crippen MR) is 77.1 cm³/mol. The Labute approximate surface area is 120 Å². The Hall–Kier alpha value is -1.59. The molecule has 0 aliphatic rings. The summed E-state index contributed by atoms with van der Waals surface area (Å²) < 4.78 is 6.72. The zero-order valence-corrected chi connectivity index (χ0v) is 13.1. The number of carbonyl (C=O) groups is 2. The summed E-state index contributed by atoms with van der Waals surface area (Å²) in [5, 5.41) is 11.6. The van der Waals surface area contributed by atoms with E-state index in [1.54, 1.807) is 17.8 Å². The van der Waals surface area contributed by atoms with E-state index in [-0.39, 0.29) is 19.7 Å². The molecule has 0 aromatic carbocycles. The van der Waals surface area contributed by atoms with Crippen molar-refractivity contribution in [3.63, 3.8) is 0 Å². The number of hydrogen-bond acceptors (Lipinski definition) is 3. The second-order valence-corrected chi connectivity index (χ2v) is 5.91. The van der Waals surface area contributed by atoms with Gasteiger partial charge < -0.3 is 15.2 Å². The third kappa shape index (κ3) is 8.50. The predicted octanol–water partition coefficient (Wildman–Crippen LogP) is 1.93. The quantitative estimate of drug-likeness (QED) is 0.406. The van der Waals surface area contributed by atoms with Gasteiger partial charge in [0.1, 0.15) is 13.3 Å². The van der Waals surface area contributed by atoms with Crippen molar-refractivity contribution >= 4 is 18.3 Å². The molecule has 0 aromatic heterocycles. The Balaban J connectivity index is 4.38. The molecule has 1 atom stereocenters. The normalized spacial score (nSPS) is 14.8. The lowest BCUT2D eigenvalue weighted by molar-refractivity contribution is -0.529. The van der Waals surface area contributed by atoms with Gasteiger partial charge in [0.25, 0.3) is 6.73 Å². The first-order valence-electron chi connectivity index (χ1n) is 6.80. The maximum absolute atomic E-state index is 11.6. The number of carboxylic acid groups (broad SMARTS) is 1. The van der Waals surface area contributed by atoms with Crippen LogP contribution in [-0.2, 0) is 9.53 Å². The number of rotatable bonds is 8. The molecule has 0 heterocycles. The van der Waals surface area contributed by atoms with Gasteiger partial charge in [-0.25, -0.2) is 9.37 Å². The maximum atomic E-state index is 11.6. The molecule has 1 amide bonds. The van der Waals surface area contributed by atoms with Gasteiger partial charge in [0, 0.05) is 13.5 Å². The van der Waals surface area contributed by atoms with Crippen LogP contribution in [0.3, 0.4) is 0 Å². The van der Waals surface area contributed by atoms with Gasteiger partial charge in [-0.15, -0.1) is 0 Å². The van der Waals surface area contributed by atoms with E-state index < -0.39 is 17.5 Å². The number of carbonyl (C=O) groups excluding carboxylic acids is 1. The molecule has 6 heteroatoms. The van der Waals surface area contributed by atoms with Gasteiger partial charge in [0.2, 0.25) is 0 Å². The number of nitrogens with zero attached hydrogens (tertiary/aromatic N) is 1. The van der Waals surface area contributed by atoms with Crippen LogP contribution in [0, 0.1) is 11.3 Å². The van der Waals surface area contributed by atoms with E-state index in [2.05, 4.69) is 5.32 Å². The molecule has 0 radical (unpaired) electrons. The molecule has 0 aliphatic carbocycles.